The average Bonchev–Trinajstić information content (AvgIpc) is 2.90. The van der Waals surface area contributed by atoms with E-state index in [1.54, 1.807) is 7.11 Å². The Hall–Kier alpha value is -3.99. The van der Waals surface area contributed by atoms with Gasteiger partial charge in [0.05, 0.1) is 18.1 Å². The van der Waals surface area contributed by atoms with Crippen LogP contribution in [0.5, 0.6) is 11.6 Å². The zero-order chi connectivity index (χ0) is 23.3. The topological polar surface area (TPSA) is 61.3 Å². The summed E-state index contributed by atoms with van der Waals surface area (Å²) < 4.78 is 11.2. The molecule has 0 N–H and O–H groups in total. The van der Waals surface area contributed by atoms with Crippen molar-refractivity contribution in [2.24, 2.45) is 0 Å². The summed E-state index contributed by atoms with van der Waals surface area (Å²) in [6, 6.07) is 21.4. The lowest BCUT2D eigenvalue weighted by Gasteiger charge is -2.16. The second kappa shape index (κ2) is 9.87. The van der Waals surface area contributed by atoms with Crippen molar-refractivity contribution in [1.82, 2.24) is 9.97 Å². The van der Waals surface area contributed by atoms with E-state index >= 15 is 0 Å². The normalized spacial score (nSPS) is 13.1. The third kappa shape index (κ3) is 4.84. The van der Waals surface area contributed by atoms with Gasteiger partial charge in [0, 0.05) is 5.56 Å². The molecule has 1 heterocycles. The van der Waals surface area contributed by atoms with Gasteiger partial charge in [-0.05, 0) is 78.8 Å². The molecular formula is C29H26N2O3. The molecule has 3 aromatic carbocycles. The van der Waals surface area contributed by atoms with Crippen molar-refractivity contribution >= 4 is 29.0 Å². The Kier molecular flexibility index (Phi) is 6.34. The fraction of sp³-hybridized carbons (Fsp3) is 0.207. The van der Waals surface area contributed by atoms with Crippen LogP contribution in [0, 0.1) is 0 Å². The lowest BCUT2D eigenvalue weighted by molar-refractivity contribution is 0.0918. The minimum Gasteiger partial charge on any atom is -0.497 e. The first-order valence-electron chi connectivity index (χ1n) is 11.6. The van der Waals surface area contributed by atoms with Gasteiger partial charge in [-0.3, -0.25) is 4.79 Å². The molecule has 0 saturated heterocycles. The van der Waals surface area contributed by atoms with Gasteiger partial charge in [-0.1, -0.05) is 42.5 Å². The Morgan fingerprint density at radius 1 is 0.882 bits per heavy atom. The monoisotopic (exact) mass is 450 g/mol. The smallest absolute Gasteiger partial charge is 0.241 e. The number of para-hydroxylation sites is 2. The van der Waals surface area contributed by atoms with Crippen LogP contribution in [0.4, 0.5) is 0 Å². The molecule has 1 aliphatic rings. The summed E-state index contributed by atoms with van der Waals surface area (Å²) in [5.41, 5.74) is 6.38. The zero-order valence-electron chi connectivity index (χ0n) is 19.2. The fourth-order valence-electron chi connectivity index (χ4n) is 4.23. The summed E-state index contributed by atoms with van der Waals surface area (Å²) in [5.74, 6) is 1.08. The molecule has 4 aromatic rings. The van der Waals surface area contributed by atoms with Gasteiger partial charge < -0.3 is 9.47 Å². The van der Waals surface area contributed by atoms with Crippen LogP contribution < -0.4 is 9.47 Å². The van der Waals surface area contributed by atoms with Crippen molar-refractivity contribution < 1.29 is 14.3 Å². The van der Waals surface area contributed by atoms with E-state index in [1.165, 1.54) is 24.0 Å². The van der Waals surface area contributed by atoms with Gasteiger partial charge in [0.15, 0.2) is 12.4 Å². The SMILES string of the molecule is COc1ccc(/C=C/c2nc3ccccc3nc2OCC(=O)c2ccc3c(c2)CCCC3)cc1. The number of benzene rings is 3. The fourth-order valence-corrected chi connectivity index (χ4v) is 4.23. The van der Waals surface area contributed by atoms with E-state index in [2.05, 4.69) is 11.1 Å². The molecule has 0 atom stereocenters. The van der Waals surface area contributed by atoms with E-state index < -0.39 is 0 Å². The van der Waals surface area contributed by atoms with Crippen LogP contribution in [0.25, 0.3) is 23.2 Å². The first kappa shape index (κ1) is 21.8. The number of carbonyl (C=O) groups excluding carboxylic acids is 1. The molecule has 0 fully saturated rings. The summed E-state index contributed by atoms with van der Waals surface area (Å²) in [7, 11) is 1.64. The Morgan fingerprint density at radius 2 is 1.62 bits per heavy atom. The number of ketones is 1. The number of aryl methyl sites for hydroxylation is 2. The molecule has 0 spiro atoms. The molecule has 5 rings (SSSR count). The summed E-state index contributed by atoms with van der Waals surface area (Å²) in [5, 5.41) is 0. The minimum absolute atomic E-state index is 0.0617. The molecule has 0 unspecified atom stereocenters. The lowest BCUT2D eigenvalue weighted by Crippen LogP contribution is -2.14. The van der Waals surface area contributed by atoms with Crippen LogP contribution in [0.2, 0.25) is 0 Å². The van der Waals surface area contributed by atoms with Crippen LogP contribution >= 0.6 is 0 Å². The summed E-state index contributed by atoms with van der Waals surface area (Å²) in [6.07, 6.45) is 8.33. The summed E-state index contributed by atoms with van der Waals surface area (Å²) in [4.78, 5) is 22.3. The molecule has 0 bridgehead atoms. The number of hydrogen-bond donors (Lipinski definition) is 0. The molecule has 0 amide bonds. The largest absolute Gasteiger partial charge is 0.497 e. The van der Waals surface area contributed by atoms with Crippen LogP contribution in [-0.2, 0) is 12.8 Å². The van der Waals surface area contributed by atoms with Crippen LogP contribution in [0.3, 0.4) is 0 Å². The average molecular weight is 451 g/mol. The van der Waals surface area contributed by atoms with Gasteiger partial charge >= 0.3 is 0 Å². The highest BCUT2D eigenvalue weighted by Gasteiger charge is 2.15. The maximum Gasteiger partial charge on any atom is 0.241 e. The van der Waals surface area contributed by atoms with Gasteiger partial charge in [-0.25, -0.2) is 9.97 Å². The van der Waals surface area contributed by atoms with Gasteiger partial charge in [0.2, 0.25) is 5.88 Å². The van der Waals surface area contributed by atoms with Gasteiger partial charge in [-0.15, -0.1) is 0 Å². The Bertz CT molecular complexity index is 1360. The van der Waals surface area contributed by atoms with E-state index in [4.69, 9.17) is 14.5 Å². The van der Waals surface area contributed by atoms with Crippen molar-refractivity contribution in [3.8, 4) is 11.6 Å². The third-order valence-corrected chi connectivity index (χ3v) is 6.12. The predicted molar refractivity (Wildman–Crippen MR) is 134 cm³/mol. The number of Topliss-reactive ketones (excluding diaryl/α,β-unsaturated/α-hetero) is 1. The number of hydrogen-bond acceptors (Lipinski definition) is 5. The Morgan fingerprint density at radius 3 is 2.38 bits per heavy atom. The highest BCUT2D eigenvalue weighted by Crippen LogP contribution is 2.24. The van der Waals surface area contributed by atoms with Crippen LogP contribution in [0.15, 0.2) is 66.7 Å². The van der Waals surface area contributed by atoms with Crippen LogP contribution in [0.1, 0.15) is 45.6 Å². The molecule has 34 heavy (non-hydrogen) atoms. The molecule has 170 valence electrons. The van der Waals surface area contributed by atoms with Crippen molar-refractivity contribution in [3.05, 3.63) is 94.7 Å². The van der Waals surface area contributed by atoms with Crippen molar-refractivity contribution in [2.75, 3.05) is 13.7 Å². The highest BCUT2D eigenvalue weighted by atomic mass is 16.5. The lowest BCUT2D eigenvalue weighted by atomic mass is 9.90. The molecule has 5 nitrogen and oxygen atoms in total. The number of methoxy groups -OCH3 is 1. The second-order valence-electron chi connectivity index (χ2n) is 8.41. The van der Waals surface area contributed by atoms with Crippen LogP contribution in [-0.4, -0.2) is 29.5 Å². The van der Waals surface area contributed by atoms with Crippen molar-refractivity contribution in [1.29, 1.82) is 0 Å². The third-order valence-electron chi connectivity index (χ3n) is 6.12. The molecule has 5 heteroatoms. The number of rotatable bonds is 7. The maximum absolute atomic E-state index is 12.9. The van der Waals surface area contributed by atoms with E-state index in [-0.39, 0.29) is 12.4 Å². The Labute approximate surface area is 199 Å². The Balaban J connectivity index is 1.39. The minimum atomic E-state index is -0.0881. The quantitative estimate of drug-likeness (QED) is 0.326. The second-order valence-corrected chi connectivity index (χ2v) is 8.41. The zero-order valence-corrected chi connectivity index (χ0v) is 19.2. The van der Waals surface area contributed by atoms with E-state index in [1.807, 2.05) is 72.8 Å². The van der Waals surface area contributed by atoms with Crippen molar-refractivity contribution in [3.63, 3.8) is 0 Å². The molecule has 0 radical (unpaired) electrons. The summed E-state index contributed by atoms with van der Waals surface area (Å²) in [6.45, 7) is -0.0881. The number of ether oxygens (including phenoxy) is 2. The first-order chi connectivity index (χ1) is 16.7. The van der Waals surface area contributed by atoms with Gasteiger partial charge in [0.1, 0.15) is 11.4 Å². The van der Waals surface area contributed by atoms with E-state index in [9.17, 15) is 4.79 Å². The summed E-state index contributed by atoms with van der Waals surface area (Å²) >= 11 is 0. The number of nitrogens with zero attached hydrogens (tertiary/aromatic N) is 2. The highest BCUT2D eigenvalue weighted by molar-refractivity contribution is 5.97. The standard InChI is InChI=1S/C29H26N2O3/c1-33-24-15-10-20(11-16-24)12-17-27-29(31-26-9-5-4-8-25(26)30-27)34-19-28(32)23-14-13-21-6-2-3-7-22(21)18-23/h4-5,8-18H,2-3,6-7,19H2,1H3/b17-12+. The number of aromatic nitrogens is 2. The van der Waals surface area contributed by atoms with Gasteiger partial charge in [0.25, 0.3) is 0 Å². The molecule has 1 aromatic heterocycles. The molecule has 0 saturated carbocycles. The number of fused-ring (bicyclic) bond motifs is 2. The molecule has 1 aliphatic carbocycles. The van der Waals surface area contributed by atoms with Crippen molar-refractivity contribution in [2.45, 2.75) is 25.7 Å². The number of carbonyl (C=O) groups is 1. The molecular weight excluding hydrogens is 424 g/mol. The molecule has 0 aliphatic heterocycles. The maximum atomic E-state index is 12.9. The predicted octanol–water partition coefficient (Wildman–Crippen LogP) is 5.95. The van der Waals surface area contributed by atoms with E-state index in [0.29, 0.717) is 17.1 Å². The van der Waals surface area contributed by atoms with Gasteiger partial charge in [-0.2, -0.15) is 0 Å². The first-order valence-corrected chi connectivity index (χ1v) is 11.6. The van der Waals surface area contributed by atoms with E-state index in [0.717, 1.165) is 35.2 Å².